The Hall–Kier alpha value is -1.43. The highest BCUT2D eigenvalue weighted by molar-refractivity contribution is 5.99. The van der Waals surface area contributed by atoms with Crippen LogP contribution in [0.15, 0.2) is 24.3 Å². The quantitative estimate of drug-likeness (QED) is 0.819. The van der Waals surface area contributed by atoms with Gasteiger partial charge in [-0.25, -0.2) is 0 Å². The van der Waals surface area contributed by atoms with E-state index in [-0.39, 0.29) is 17.4 Å². The molecule has 2 unspecified atom stereocenters. The van der Waals surface area contributed by atoms with E-state index in [1.807, 2.05) is 32.9 Å². The van der Waals surface area contributed by atoms with Gasteiger partial charge < -0.3 is 15.8 Å². The van der Waals surface area contributed by atoms with Crippen molar-refractivity contribution in [2.24, 2.45) is 11.1 Å². The first-order valence-corrected chi connectivity index (χ1v) is 9.90. The Morgan fingerprint density at radius 1 is 1.31 bits per heavy atom. The lowest BCUT2D eigenvalue weighted by Crippen LogP contribution is -2.74. The number of ether oxygens (including phenoxy) is 1. The molecule has 1 saturated carbocycles. The number of anilines is 1. The summed E-state index contributed by atoms with van der Waals surface area (Å²) in [5, 5.41) is 3.04. The topological polar surface area (TPSA) is 67.6 Å². The number of hydrogen-bond donors (Lipinski definition) is 2. The average Bonchev–Trinajstić information content (AvgIpc) is 2.62. The maximum atomic E-state index is 12.9. The lowest BCUT2D eigenvalue weighted by Gasteiger charge is -2.57. The van der Waals surface area contributed by atoms with Crippen LogP contribution in [0.3, 0.4) is 0 Å². The molecule has 0 radical (unpaired) electrons. The Morgan fingerprint density at radius 2 is 2.04 bits per heavy atom. The standard InChI is InChI=1S/C21H33N3O2/c1-4-26-18-14-21(22,20(18,2)3)19(25)23-17-10-8-9-16(13-17)15-24-11-6-5-7-12-24/h8-10,13,18H,4-7,11-12,14-15,22H2,1-3H3,(H,23,25). The molecule has 1 heterocycles. The van der Waals surface area contributed by atoms with Crippen LogP contribution in [0.25, 0.3) is 0 Å². The molecule has 1 aromatic carbocycles. The molecule has 26 heavy (non-hydrogen) atoms. The number of nitrogens with one attached hydrogen (secondary N) is 1. The smallest absolute Gasteiger partial charge is 0.245 e. The van der Waals surface area contributed by atoms with Crippen molar-refractivity contribution in [2.45, 2.75) is 64.6 Å². The zero-order valence-electron chi connectivity index (χ0n) is 16.4. The average molecular weight is 360 g/mol. The molecule has 2 fully saturated rings. The van der Waals surface area contributed by atoms with Gasteiger partial charge in [-0.3, -0.25) is 9.69 Å². The molecule has 1 saturated heterocycles. The number of nitrogens with zero attached hydrogens (tertiary/aromatic N) is 1. The largest absolute Gasteiger partial charge is 0.378 e. The molecule has 1 aliphatic carbocycles. The van der Waals surface area contributed by atoms with Crippen molar-refractivity contribution in [1.82, 2.24) is 4.90 Å². The maximum Gasteiger partial charge on any atom is 0.245 e. The molecule has 3 N–H and O–H groups in total. The van der Waals surface area contributed by atoms with Crippen LogP contribution in [0.2, 0.25) is 0 Å². The van der Waals surface area contributed by atoms with Gasteiger partial charge in [0.2, 0.25) is 5.91 Å². The Bertz CT molecular complexity index is 640. The highest BCUT2D eigenvalue weighted by Gasteiger charge is 2.62. The molecule has 1 aromatic rings. The van der Waals surface area contributed by atoms with Gasteiger partial charge in [0.25, 0.3) is 0 Å². The monoisotopic (exact) mass is 359 g/mol. The summed E-state index contributed by atoms with van der Waals surface area (Å²) in [6.45, 7) is 9.91. The van der Waals surface area contributed by atoms with Crippen LogP contribution in [-0.4, -0.2) is 42.1 Å². The van der Waals surface area contributed by atoms with E-state index in [4.69, 9.17) is 10.5 Å². The number of carbonyl (C=O) groups is 1. The summed E-state index contributed by atoms with van der Waals surface area (Å²) >= 11 is 0. The fourth-order valence-electron chi connectivity index (χ4n) is 4.19. The molecule has 2 aliphatic rings. The molecule has 144 valence electrons. The molecule has 1 amide bonds. The van der Waals surface area contributed by atoms with Crippen LogP contribution in [0, 0.1) is 5.41 Å². The Labute approximate surface area is 157 Å². The van der Waals surface area contributed by atoms with Gasteiger partial charge in [0.1, 0.15) is 5.54 Å². The van der Waals surface area contributed by atoms with E-state index in [1.165, 1.54) is 24.8 Å². The normalized spacial score (nSPS) is 28.4. The molecular formula is C21H33N3O2. The third-order valence-electron chi connectivity index (χ3n) is 6.27. The summed E-state index contributed by atoms with van der Waals surface area (Å²) in [7, 11) is 0. The van der Waals surface area contributed by atoms with E-state index in [0.717, 1.165) is 25.3 Å². The number of piperidine rings is 1. The van der Waals surface area contributed by atoms with Gasteiger partial charge in [0.15, 0.2) is 0 Å². The number of rotatable bonds is 6. The Morgan fingerprint density at radius 3 is 2.69 bits per heavy atom. The summed E-state index contributed by atoms with van der Waals surface area (Å²) in [6, 6.07) is 8.14. The predicted molar refractivity (Wildman–Crippen MR) is 105 cm³/mol. The zero-order valence-corrected chi connectivity index (χ0v) is 16.4. The van der Waals surface area contributed by atoms with Crippen LogP contribution < -0.4 is 11.1 Å². The first kappa shape index (κ1) is 19.3. The molecular weight excluding hydrogens is 326 g/mol. The fourth-order valence-corrected chi connectivity index (χ4v) is 4.19. The first-order chi connectivity index (χ1) is 12.4. The van der Waals surface area contributed by atoms with Gasteiger partial charge >= 0.3 is 0 Å². The second-order valence-corrected chi connectivity index (χ2v) is 8.33. The van der Waals surface area contributed by atoms with E-state index in [0.29, 0.717) is 13.0 Å². The minimum atomic E-state index is -0.893. The lowest BCUT2D eigenvalue weighted by atomic mass is 9.54. The molecule has 5 nitrogen and oxygen atoms in total. The number of likely N-dealkylation sites (tertiary alicyclic amines) is 1. The van der Waals surface area contributed by atoms with Crippen LogP contribution >= 0.6 is 0 Å². The van der Waals surface area contributed by atoms with Gasteiger partial charge in [0.05, 0.1) is 6.10 Å². The summed E-state index contributed by atoms with van der Waals surface area (Å²) in [4.78, 5) is 15.4. The van der Waals surface area contributed by atoms with Gasteiger partial charge in [-0.1, -0.05) is 32.4 Å². The highest BCUT2D eigenvalue weighted by Crippen LogP contribution is 2.50. The van der Waals surface area contributed by atoms with Gasteiger partial charge in [-0.15, -0.1) is 0 Å². The maximum absolute atomic E-state index is 12.9. The van der Waals surface area contributed by atoms with Gasteiger partial charge in [0, 0.05) is 30.7 Å². The van der Waals surface area contributed by atoms with Crippen molar-refractivity contribution >= 4 is 11.6 Å². The molecule has 3 rings (SSSR count). The zero-order chi connectivity index (χ0) is 18.8. The summed E-state index contributed by atoms with van der Waals surface area (Å²) in [5.74, 6) is -0.117. The van der Waals surface area contributed by atoms with Gasteiger partial charge in [-0.2, -0.15) is 0 Å². The van der Waals surface area contributed by atoms with E-state index in [2.05, 4.69) is 22.3 Å². The number of benzene rings is 1. The number of nitrogens with two attached hydrogens (primary N) is 1. The second-order valence-electron chi connectivity index (χ2n) is 8.33. The molecule has 1 aliphatic heterocycles. The van der Waals surface area contributed by atoms with Crippen LogP contribution in [-0.2, 0) is 16.1 Å². The van der Waals surface area contributed by atoms with Crippen LogP contribution in [0.5, 0.6) is 0 Å². The van der Waals surface area contributed by atoms with Crippen LogP contribution in [0.4, 0.5) is 5.69 Å². The second kappa shape index (κ2) is 7.67. The third kappa shape index (κ3) is 3.66. The van der Waals surface area contributed by atoms with Crippen molar-refractivity contribution < 1.29 is 9.53 Å². The van der Waals surface area contributed by atoms with E-state index in [1.54, 1.807) is 0 Å². The first-order valence-electron chi connectivity index (χ1n) is 9.90. The predicted octanol–water partition coefficient (Wildman–Crippen LogP) is 3.14. The third-order valence-corrected chi connectivity index (χ3v) is 6.27. The van der Waals surface area contributed by atoms with Crippen molar-refractivity contribution in [3.8, 4) is 0 Å². The molecule has 2 atom stereocenters. The molecule has 5 heteroatoms. The molecule has 0 spiro atoms. The minimum Gasteiger partial charge on any atom is -0.378 e. The molecule has 0 bridgehead atoms. The summed E-state index contributed by atoms with van der Waals surface area (Å²) < 4.78 is 5.73. The van der Waals surface area contributed by atoms with Crippen molar-refractivity contribution in [3.63, 3.8) is 0 Å². The number of amides is 1. The minimum absolute atomic E-state index is 0.0358. The summed E-state index contributed by atoms with van der Waals surface area (Å²) in [6.07, 6.45) is 4.50. The summed E-state index contributed by atoms with van der Waals surface area (Å²) in [5.41, 5.74) is 7.27. The Kier molecular flexibility index (Phi) is 5.70. The number of carbonyl (C=O) groups excluding carboxylic acids is 1. The van der Waals surface area contributed by atoms with Crippen molar-refractivity contribution in [3.05, 3.63) is 29.8 Å². The SMILES string of the molecule is CCOC1CC(N)(C(=O)Nc2cccc(CN3CCCCC3)c2)C1(C)C. The number of hydrogen-bond acceptors (Lipinski definition) is 4. The lowest BCUT2D eigenvalue weighted by molar-refractivity contribution is -0.166. The van der Waals surface area contributed by atoms with E-state index >= 15 is 0 Å². The Balaban J connectivity index is 1.63. The van der Waals surface area contributed by atoms with Crippen molar-refractivity contribution in [2.75, 3.05) is 25.0 Å². The van der Waals surface area contributed by atoms with Crippen LogP contribution in [0.1, 0.15) is 52.0 Å². The van der Waals surface area contributed by atoms with Gasteiger partial charge in [-0.05, 0) is 50.6 Å². The fraction of sp³-hybridized carbons (Fsp3) is 0.667. The highest BCUT2D eigenvalue weighted by atomic mass is 16.5. The van der Waals surface area contributed by atoms with Crippen molar-refractivity contribution in [1.29, 1.82) is 0 Å². The van der Waals surface area contributed by atoms with E-state index < -0.39 is 5.54 Å². The van der Waals surface area contributed by atoms with E-state index in [9.17, 15) is 4.79 Å². The molecule has 0 aromatic heterocycles.